The van der Waals surface area contributed by atoms with Crippen molar-refractivity contribution >= 4 is 65.0 Å². The summed E-state index contributed by atoms with van der Waals surface area (Å²) < 4.78 is 6.10. The second-order valence-electron chi connectivity index (χ2n) is 26.6. The first-order valence-electron chi connectivity index (χ1n) is 32.0. The number of allylic oxidation sites excluding steroid dienone is 2. The molecule has 0 saturated carbocycles. The summed E-state index contributed by atoms with van der Waals surface area (Å²) in [7, 11) is 8.54. The minimum Gasteiger partial charge on any atom is -0.396 e. The number of carbonyl (C=O) groups excluding carboxylic acids is 11. The van der Waals surface area contributed by atoms with Gasteiger partial charge in [-0.05, 0) is 115 Å². The Kier molecular flexibility index (Phi) is 31.9. The van der Waals surface area contributed by atoms with Crippen molar-refractivity contribution in [3.05, 3.63) is 12.2 Å². The van der Waals surface area contributed by atoms with Gasteiger partial charge >= 0.3 is 0 Å². The molecule has 25 heteroatoms. The molecule has 0 aromatic carbocycles. The van der Waals surface area contributed by atoms with E-state index in [-0.39, 0.29) is 62.6 Å². The van der Waals surface area contributed by atoms with E-state index in [1.165, 1.54) is 82.7 Å². The van der Waals surface area contributed by atoms with E-state index in [9.17, 15) is 48.3 Å². The molecule has 14 atom stereocenters. The molecule has 2 heterocycles. The van der Waals surface area contributed by atoms with Crippen LogP contribution >= 0.6 is 0 Å². The number of likely N-dealkylation sites (N-methyl/N-ethyl adjacent to an activating group) is 6. The first-order valence-corrected chi connectivity index (χ1v) is 32.0. The highest BCUT2D eigenvalue weighted by molar-refractivity contribution is 6.00. The number of amides is 11. The first kappa shape index (κ1) is 78.9. The molecule has 25 nitrogen and oxygen atoms in total. The van der Waals surface area contributed by atoms with Gasteiger partial charge in [0.1, 0.15) is 66.5 Å². The van der Waals surface area contributed by atoms with Crippen LogP contribution < -0.4 is 21.3 Å². The van der Waals surface area contributed by atoms with E-state index in [0.29, 0.717) is 19.3 Å². The lowest BCUT2D eigenvalue weighted by Gasteiger charge is -2.50. The summed E-state index contributed by atoms with van der Waals surface area (Å²) in [5, 5.41) is 21.5. The average Bonchev–Trinajstić information content (AvgIpc) is 0.960. The van der Waals surface area contributed by atoms with Gasteiger partial charge in [-0.1, -0.05) is 95.2 Å². The summed E-state index contributed by atoms with van der Waals surface area (Å²) >= 11 is 0. The van der Waals surface area contributed by atoms with Crippen LogP contribution in [0.3, 0.4) is 0 Å². The summed E-state index contributed by atoms with van der Waals surface area (Å²) in [4.78, 5) is 175. The molecule has 508 valence electrons. The van der Waals surface area contributed by atoms with Gasteiger partial charge in [-0.2, -0.15) is 0 Å². The largest absolute Gasteiger partial charge is 0.396 e. The zero-order valence-corrected chi connectivity index (χ0v) is 57.9. The van der Waals surface area contributed by atoms with Crippen molar-refractivity contribution in [2.24, 2.45) is 35.5 Å². The van der Waals surface area contributed by atoms with E-state index >= 15 is 9.59 Å². The number of fused-ring (bicyclic) bond motifs is 1. The zero-order valence-electron chi connectivity index (χ0n) is 57.9. The minimum atomic E-state index is -1.42. The van der Waals surface area contributed by atoms with E-state index in [4.69, 9.17) is 9.57 Å². The molecule has 5 N–H and O–H groups in total. The molecule has 0 spiro atoms. The smallest absolute Gasteiger partial charge is 0.270 e. The standard InChI is InChI=1S/C64H113N11O14/c1-24-26-29-40(13)53-52-57(80)67-45(25-2)60(83)69(18)43(16)59(82)74(23)51(44(17)88-31-28-27-30-76)56(79)68-49(38(9)10)63(86)70(19)46(32-35(3)4)55(78)65-41(14)54(77)66-42(15)58(81)71(20)47(33-36(5)6)61(84)72(21)48(34-37(7)8)62(85)73(22)50(39(11)12)64(87)75(52)89-53/h24,26,35-53,76H,25,27-34H2,1-23H3,(H,65,78)(H,66,77)(H,67,80)(H,68,79)/t40-,41+,42-,43-,44+,45+,46+,47+,48+,49+,50+,51+,52+,53-/m1/s1. The molecule has 0 aromatic rings. The molecule has 89 heavy (non-hydrogen) atoms. The van der Waals surface area contributed by atoms with Gasteiger partial charge in [-0.15, -0.1) is 0 Å². The second kappa shape index (κ2) is 36.0. The van der Waals surface area contributed by atoms with Gasteiger partial charge in [-0.25, -0.2) is 5.06 Å². The van der Waals surface area contributed by atoms with E-state index in [2.05, 4.69) is 21.3 Å². The van der Waals surface area contributed by atoms with Gasteiger partial charge < -0.3 is 60.5 Å². The van der Waals surface area contributed by atoms with Gasteiger partial charge in [0.25, 0.3) is 5.91 Å². The van der Waals surface area contributed by atoms with Crippen LogP contribution in [0.15, 0.2) is 12.2 Å². The number of carbonyl (C=O) groups is 11. The number of rotatable bonds is 18. The molecule has 0 bridgehead atoms. The number of aliphatic hydroxyl groups is 1. The third kappa shape index (κ3) is 20.9. The van der Waals surface area contributed by atoms with Crippen molar-refractivity contribution in [3.63, 3.8) is 0 Å². The van der Waals surface area contributed by atoms with Gasteiger partial charge in [-0.3, -0.25) is 57.6 Å². The maximum atomic E-state index is 15.1. The molecule has 0 radical (unpaired) electrons. The van der Waals surface area contributed by atoms with Crippen LogP contribution in [0.1, 0.15) is 163 Å². The molecule has 0 aromatic heterocycles. The van der Waals surface area contributed by atoms with Gasteiger partial charge in [0, 0.05) is 55.5 Å². The average molecular weight is 1260 g/mol. The number of nitrogens with one attached hydrogen (secondary N) is 4. The maximum Gasteiger partial charge on any atom is 0.270 e. The fourth-order valence-corrected chi connectivity index (χ4v) is 11.4. The molecular weight excluding hydrogens is 1150 g/mol. The Morgan fingerprint density at radius 3 is 1.51 bits per heavy atom. The number of aliphatic hydroxyl groups excluding tert-OH is 1. The van der Waals surface area contributed by atoms with Crippen LogP contribution in [0.5, 0.6) is 0 Å². The first-order chi connectivity index (χ1) is 41.4. The Labute approximate surface area is 530 Å². The van der Waals surface area contributed by atoms with E-state index in [0.717, 1.165) is 14.9 Å². The van der Waals surface area contributed by atoms with Crippen LogP contribution in [0, 0.1) is 35.5 Å². The maximum absolute atomic E-state index is 15.1. The van der Waals surface area contributed by atoms with Gasteiger partial charge in [0.15, 0.2) is 6.04 Å². The highest BCUT2D eigenvalue weighted by atomic mass is 16.7. The van der Waals surface area contributed by atoms with Gasteiger partial charge in [0.05, 0.1) is 6.10 Å². The van der Waals surface area contributed by atoms with Crippen LogP contribution in [0.2, 0.25) is 0 Å². The van der Waals surface area contributed by atoms with E-state index in [1.807, 2.05) is 67.5 Å². The number of ether oxygens (including phenoxy) is 1. The van der Waals surface area contributed by atoms with Gasteiger partial charge in [0.2, 0.25) is 59.1 Å². The molecule has 2 fully saturated rings. The van der Waals surface area contributed by atoms with Crippen molar-refractivity contribution in [3.8, 4) is 0 Å². The fourth-order valence-electron chi connectivity index (χ4n) is 11.4. The molecule has 2 aliphatic rings. The lowest BCUT2D eigenvalue weighted by atomic mass is 9.90. The van der Waals surface area contributed by atoms with E-state index in [1.54, 1.807) is 41.5 Å². The number of nitrogens with zero attached hydrogens (tertiary/aromatic N) is 7. The normalized spacial score (nSPS) is 28.3. The Hall–Kier alpha value is -6.21. The number of hydroxylamine groups is 2. The number of hydrogen-bond donors (Lipinski definition) is 5. The van der Waals surface area contributed by atoms with E-state index < -0.39 is 155 Å². The van der Waals surface area contributed by atoms with Crippen molar-refractivity contribution in [1.82, 2.24) is 55.7 Å². The summed E-state index contributed by atoms with van der Waals surface area (Å²) in [6, 6.07) is -13.7. The minimum absolute atomic E-state index is 0.0405. The Bertz CT molecular complexity index is 2460. The third-order valence-corrected chi connectivity index (χ3v) is 17.1. The topological polar surface area (TPSA) is 297 Å². The monoisotopic (exact) mass is 1260 g/mol. The quantitative estimate of drug-likeness (QED) is 0.0974. The lowest BCUT2D eigenvalue weighted by molar-refractivity contribution is -0.321. The molecule has 0 unspecified atom stereocenters. The zero-order chi connectivity index (χ0) is 68.4. The Morgan fingerprint density at radius 2 is 1.01 bits per heavy atom. The second-order valence-corrected chi connectivity index (χ2v) is 26.6. The molecule has 2 aliphatic heterocycles. The van der Waals surface area contributed by atoms with Crippen LogP contribution in [-0.2, 0) is 62.3 Å². The summed E-state index contributed by atoms with van der Waals surface area (Å²) in [5.41, 5.74) is 0. The van der Waals surface area contributed by atoms with Crippen molar-refractivity contribution < 1.29 is 67.4 Å². The Morgan fingerprint density at radius 1 is 0.517 bits per heavy atom. The number of unbranched alkanes of at least 4 members (excludes halogenated alkanes) is 1. The summed E-state index contributed by atoms with van der Waals surface area (Å²) in [6.07, 6.45) is 3.61. The molecule has 11 amide bonds. The molecular formula is C64H113N11O14. The van der Waals surface area contributed by atoms with Crippen molar-refractivity contribution in [2.45, 2.75) is 241 Å². The van der Waals surface area contributed by atoms with Crippen LogP contribution in [-0.4, -0.2) is 239 Å². The van der Waals surface area contributed by atoms with Crippen LogP contribution in [0.25, 0.3) is 0 Å². The SMILES string of the molecule is CC=CC[C@@H](C)[C@H]1ON2C(=O)[C@H](C(C)C)N(C)C(=O)[C@H](CC(C)C)N(C)C(=O)[C@H](CC(C)C)N(C)C(=O)[C@@H](C)NC(=O)[C@H](C)NC(=O)[C@H](CC(C)C)N(C)C(=O)[C@H](C(C)C)NC(=O)[C@H]([C@H](C)OCCCCO)N(C)C(=O)[C@@H](C)N(C)C(=O)[C@H](CC)NC(=O)[C@H]12. The highest BCUT2D eigenvalue weighted by Gasteiger charge is 2.54. The molecule has 2 rings (SSSR count). The molecule has 2 saturated heterocycles. The van der Waals surface area contributed by atoms with Crippen molar-refractivity contribution in [1.29, 1.82) is 0 Å². The Balaban J connectivity index is 2.99. The molecule has 0 aliphatic carbocycles. The summed E-state index contributed by atoms with van der Waals surface area (Å²) in [5.74, 6) is -9.50. The van der Waals surface area contributed by atoms with Crippen LogP contribution in [0.4, 0.5) is 0 Å². The predicted molar refractivity (Wildman–Crippen MR) is 338 cm³/mol. The number of hydrogen-bond acceptors (Lipinski definition) is 14. The summed E-state index contributed by atoms with van der Waals surface area (Å²) in [6.45, 7) is 29.3. The highest BCUT2D eigenvalue weighted by Crippen LogP contribution is 2.34. The lowest BCUT2D eigenvalue weighted by Crippen LogP contribution is -2.72. The van der Waals surface area contributed by atoms with Crippen molar-refractivity contribution in [2.75, 3.05) is 55.5 Å². The fraction of sp³-hybridized carbons (Fsp3) is 0.797. The third-order valence-electron chi connectivity index (χ3n) is 17.1. The predicted octanol–water partition coefficient (Wildman–Crippen LogP) is 3.11.